The standard InChI is InChI=1S/C36H32F3NO4/c1-23-11-14-26-7-4-5-10-30(26)33(23)34(43)40(22-29-17-18-31(44-29)36(37,38)39)21-24-12-15-25(16-13-24)27-8-6-9-28(19-27)35(2,3)20-32(41)42/h4-19H,20-22H2,1-3H3,(H,41,42). The Balaban J connectivity index is 1.46. The number of hydrogen-bond acceptors (Lipinski definition) is 3. The Morgan fingerprint density at radius 1 is 0.818 bits per heavy atom. The van der Waals surface area contributed by atoms with Crippen LogP contribution in [0.2, 0.25) is 0 Å². The highest BCUT2D eigenvalue weighted by Crippen LogP contribution is 2.33. The molecule has 8 heteroatoms. The van der Waals surface area contributed by atoms with Crippen molar-refractivity contribution in [2.75, 3.05) is 0 Å². The van der Waals surface area contributed by atoms with Gasteiger partial charge in [-0.3, -0.25) is 9.59 Å². The summed E-state index contributed by atoms with van der Waals surface area (Å²) in [6.45, 7) is 5.61. The lowest BCUT2D eigenvalue weighted by Gasteiger charge is -2.24. The van der Waals surface area contributed by atoms with Crippen molar-refractivity contribution in [2.24, 2.45) is 0 Å². The normalized spacial score (nSPS) is 12.0. The smallest absolute Gasteiger partial charge is 0.449 e. The number of carboxylic acids is 1. The molecule has 0 aliphatic carbocycles. The average molecular weight is 600 g/mol. The summed E-state index contributed by atoms with van der Waals surface area (Å²) in [4.78, 5) is 27.0. The lowest BCUT2D eigenvalue weighted by Crippen LogP contribution is -2.30. The van der Waals surface area contributed by atoms with Gasteiger partial charge in [0.25, 0.3) is 5.91 Å². The third-order valence-electron chi connectivity index (χ3n) is 7.82. The third kappa shape index (κ3) is 6.70. The van der Waals surface area contributed by atoms with Gasteiger partial charge in [-0.25, -0.2) is 0 Å². The van der Waals surface area contributed by atoms with Crippen LogP contribution in [0.5, 0.6) is 0 Å². The SMILES string of the molecule is Cc1ccc2ccccc2c1C(=O)N(Cc1ccc(-c2cccc(C(C)(C)CC(=O)O)c2)cc1)Cc1ccc(C(F)(F)F)o1. The highest BCUT2D eigenvalue weighted by molar-refractivity contribution is 6.08. The van der Waals surface area contributed by atoms with Crippen LogP contribution < -0.4 is 0 Å². The van der Waals surface area contributed by atoms with Crippen LogP contribution in [0.1, 0.15) is 58.8 Å². The van der Waals surface area contributed by atoms with Gasteiger partial charge in [-0.2, -0.15) is 13.2 Å². The van der Waals surface area contributed by atoms with Crippen molar-refractivity contribution in [3.05, 3.63) is 131 Å². The minimum atomic E-state index is -4.63. The quantitative estimate of drug-likeness (QED) is 0.184. The number of nitrogens with zero attached hydrogens (tertiary/aromatic N) is 1. The van der Waals surface area contributed by atoms with Crippen molar-refractivity contribution in [3.63, 3.8) is 0 Å². The Labute approximate surface area is 253 Å². The first-order valence-electron chi connectivity index (χ1n) is 14.2. The molecular weight excluding hydrogens is 567 g/mol. The highest BCUT2D eigenvalue weighted by atomic mass is 19.4. The van der Waals surface area contributed by atoms with E-state index in [0.29, 0.717) is 5.56 Å². The summed E-state index contributed by atoms with van der Waals surface area (Å²) in [5.74, 6) is -2.27. The van der Waals surface area contributed by atoms with Gasteiger partial charge < -0.3 is 14.4 Å². The topological polar surface area (TPSA) is 70.8 Å². The molecule has 4 aromatic carbocycles. The Kier molecular flexibility index (Phi) is 8.37. The molecule has 1 amide bonds. The number of carboxylic acid groups (broad SMARTS) is 1. The van der Waals surface area contributed by atoms with E-state index in [1.165, 1.54) is 11.0 Å². The van der Waals surface area contributed by atoms with Crippen LogP contribution in [0.4, 0.5) is 13.2 Å². The number of benzene rings is 4. The number of halogens is 3. The number of alkyl halides is 3. The van der Waals surface area contributed by atoms with Crippen molar-refractivity contribution in [3.8, 4) is 11.1 Å². The molecule has 5 rings (SSSR count). The lowest BCUT2D eigenvalue weighted by atomic mass is 9.80. The number of furan rings is 1. The van der Waals surface area contributed by atoms with Gasteiger partial charge in [-0.05, 0) is 57.6 Å². The number of carbonyl (C=O) groups excluding carboxylic acids is 1. The molecule has 0 aliphatic rings. The molecule has 0 spiro atoms. The fourth-order valence-electron chi connectivity index (χ4n) is 5.45. The molecule has 226 valence electrons. The second-order valence-corrected chi connectivity index (χ2v) is 11.6. The van der Waals surface area contributed by atoms with E-state index in [2.05, 4.69) is 0 Å². The largest absolute Gasteiger partial charge is 0.481 e. The van der Waals surface area contributed by atoms with E-state index in [4.69, 9.17) is 4.42 Å². The molecule has 0 atom stereocenters. The molecule has 0 bridgehead atoms. The maximum atomic E-state index is 14.1. The molecule has 1 N–H and O–H groups in total. The molecule has 0 fully saturated rings. The number of rotatable bonds is 9. The van der Waals surface area contributed by atoms with Gasteiger partial charge in [-0.1, -0.05) is 98.8 Å². The summed E-state index contributed by atoms with van der Waals surface area (Å²) in [6, 6.07) is 28.8. The number of amides is 1. The summed E-state index contributed by atoms with van der Waals surface area (Å²) >= 11 is 0. The lowest BCUT2D eigenvalue weighted by molar-refractivity contribution is -0.153. The van der Waals surface area contributed by atoms with Gasteiger partial charge in [0.05, 0.1) is 18.5 Å². The molecular formula is C36H32F3NO4. The van der Waals surface area contributed by atoms with E-state index >= 15 is 0 Å². The highest BCUT2D eigenvalue weighted by Gasteiger charge is 2.35. The van der Waals surface area contributed by atoms with E-state index in [0.717, 1.165) is 44.7 Å². The summed E-state index contributed by atoms with van der Waals surface area (Å²) in [7, 11) is 0. The number of hydrogen-bond donors (Lipinski definition) is 1. The number of aryl methyl sites for hydroxylation is 1. The number of carbonyl (C=O) groups is 2. The van der Waals surface area contributed by atoms with Crippen LogP contribution in [0.15, 0.2) is 101 Å². The number of fused-ring (bicyclic) bond motifs is 1. The summed E-state index contributed by atoms with van der Waals surface area (Å²) in [5, 5.41) is 11.0. The number of aliphatic carboxylic acids is 1. The van der Waals surface area contributed by atoms with Crippen LogP contribution in [-0.2, 0) is 29.5 Å². The minimum Gasteiger partial charge on any atom is -0.481 e. The predicted octanol–water partition coefficient (Wildman–Crippen LogP) is 9.02. The third-order valence-corrected chi connectivity index (χ3v) is 7.82. The van der Waals surface area contributed by atoms with Crippen LogP contribution in [0.3, 0.4) is 0 Å². The van der Waals surface area contributed by atoms with E-state index in [-0.39, 0.29) is 31.2 Å². The van der Waals surface area contributed by atoms with E-state index in [1.807, 2.05) is 106 Å². The second kappa shape index (κ2) is 12.0. The van der Waals surface area contributed by atoms with E-state index in [9.17, 15) is 27.9 Å². The summed E-state index contributed by atoms with van der Waals surface area (Å²) in [5.41, 5.74) is 4.20. The fraction of sp³-hybridized carbons (Fsp3) is 0.222. The van der Waals surface area contributed by atoms with Crippen LogP contribution in [0, 0.1) is 6.92 Å². The molecule has 1 aromatic heterocycles. The summed E-state index contributed by atoms with van der Waals surface area (Å²) in [6.07, 6.45) is -4.63. The van der Waals surface area contributed by atoms with Crippen molar-refractivity contribution >= 4 is 22.6 Å². The van der Waals surface area contributed by atoms with E-state index in [1.54, 1.807) is 0 Å². The van der Waals surface area contributed by atoms with E-state index < -0.39 is 23.3 Å². The Bertz CT molecular complexity index is 1820. The molecule has 0 unspecified atom stereocenters. The average Bonchev–Trinajstić information content (AvgIpc) is 3.46. The second-order valence-electron chi connectivity index (χ2n) is 11.6. The van der Waals surface area contributed by atoms with Gasteiger partial charge >= 0.3 is 12.1 Å². The van der Waals surface area contributed by atoms with Gasteiger partial charge in [-0.15, -0.1) is 0 Å². The monoisotopic (exact) mass is 599 g/mol. The zero-order chi connectivity index (χ0) is 31.6. The molecule has 5 nitrogen and oxygen atoms in total. The summed E-state index contributed by atoms with van der Waals surface area (Å²) < 4.78 is 44.9. The van der Waals surface area contributed by atoms with Crippen LogP contribution in [0.25, 0.3) is 21.9 Å². The van der Waals surface area contributed by atoms with Gasteiger partial charge in [0.1, 0.15) is 5.76 Å². The van der Waals surface area contributed by atoms with Gasteiger partial charge in [0.15, 0.2) is 0 Å². The van der Waals surface area contributed by atoms with Crippen molar-refractivity contribution < 1.29 is 32.3 Å². The Hall–Kier alpha value is -4.85. The first-order valence-corrected chi connectivity index (χ1v) is 14.2. The van der Waals surface area contributed by atoms with Crippen molar-refractivity contribution in [2.45, 2.75) is 51.9 Å². The predicted molar refractivity (Wildman–Crippen MR) is 163 cm³/mol. The Morgan fingerprint density at radius 3 is 2.23 bits per heavy atom. The molecule has 0 aliphatic heterocycles. The molecule has 0 saturated carbocycles. The van der Waals surface area contributed by atoms with Crippen molar-refractivity contribution in [1.29, 1.82) is 0 Å². The maximum absolute atomic E-state index is 14.1. The zero-order valence-electron chi connectivity index (χ0n) is 24.6. The minimum absolute atomic E-state index is 0.00440. The Morgan fingerprint density at radius 2 is 1.55 bits per heavy atom. The first-order chi connectivity index (χ1) is 20.8. The zero-order valence-corrected chi connectivity index (χ0v) is 24.6. The van der Waals surface area contributed by atoms with Crippen LogP contribution >= 0.6 is 0 Å². The molecule has 0 saturated heterocycles. The first kappa shape index (κ1) is 30.6. The van der Waals surface area contributed by atoms with Crippen molar-refractivity contribution in [1.82, 2.24) is 4.90 Å². The van der Waals surface area contributed by atoms with Gasteiger partial charge in [0, 0.05) is 12.0 Å². The maximum Gasteiger partial charge on any atom is 0.449 e. The fourth-order valence-corrected chi connectivity index (χ4v) is 5.45. The molecule has 0 radical (unpaired) electrons. The van der Waals surface area contributed by atoms with Crippen LogP contribution in [-0.4, -0.2) is 21.9 Å². The molecule has 5 aromatic rings. The molecule has 44 heavy (non-hydrogen) atoms. The molecule has 1 heterocycles. The van der Waals surface area contributed by atoms with Gasteiger partial charge in [0.2, 0.25) is 5.76 Å².